The number of carboxylic acids is 1. The molecule has 0 aliphatic heterocycles. The molecule has 19 heavy (non-hydrogen) atoms. The predicted molar refractivity (Wildman–Crippen MR) is 71.9 cm³/mol. The first kappa shape index (κ1) is 14.2. The Hall–Kier alpha value is -1.26. The number of urea groups is 1. The summed E-state index contributed by atoms with van der Waals surface area (Å²) in [5.41, 5.74) is 0. The minimum atomic E-state index is -0.911. The summed E-state index contributed by atoms with van der Waals surface area (Å²) in [5, 5.41) is 14.7. The van der Waals surface area contributed by atoms with Gasteiger partial charge in [0.05, 0.1) is 0 Å². The number of aliphatic carboxylic acids is 1. The molecule has 108 valence electrons. The fraction of sp³-hybridized carbons (Fsp3) is 0.857. The molecule has 5 nitrogen and oxygen atoms in total. The lowest BCUT2D eigenvalue weighted by molar-refractivity contribution is -0.141. The van der Waals surface area contributed by atoms with E-state index in [2.05, 4.69) is 10.6 Å². The lowest BCUT2D eigenvalue weighted by Crippen LogP contribution is -2.51. The monoisotopic (exact) mass is 268 g/mol. The van der Waals surface area contributed by atoms with Crippen molar-refractivity contribution in [3.05, 3.63) is 0 Å². The quantitative estimate of drug-likeness (QED) is 0.714. The van der Waals surface area contributed by atoms with E-state index in [1.165, 1.54) is 25.7 Å². The summed E-state index contributed by atoms with van der Waals surface area (Å²) >= 11 is 0. The van der Waals surface area contributed by atoms with E-state index < -0.39 is 12.0 Å². The second-order valence-corrected chi connectivity index (χ2v) is 5.87. The molecular weight excluding hydrogens is 244 g/mol. The minimum absolute atomic E-state index is 0.0840. The van der Waals surface area contributed by atoms with Gasteiger partial charge in [-0.3, -0.25) is 0 Å². The first-order valence-electron chi connectivity index (χ1n) is 7.44. The van der Waals surface area contributed by atoms with Crippen LogP contribution < -0.4 is 10.6 Å². The van der Waals surface area contributed by atoms with Crippen molar-refractivity contribution in [2.24, 2.45) is 11.8 Å². The van der Waals surface area contributed by atoms with Crippen LogP contribution in [-0.4, -0.2) is 29.7 Å². The van der Waals surface area contributed by atoms with Crippen molar-refractivity contribution in [2.75, 3.05) is 6.54 Å². The van der Waals surface area contributed by atoms with E-state index in [4.69, 9.17) is 0 Å². The van der Waals surface area contributed by atoms with Gasteiger partial charge in [0.25, 0.3) is 0 Å². The van der Waals surface area contributed by atoms with E-state index in [-0.39, 0.29) is 11.9 Å². The van der Waals surface area contributed by atoms with Crippen LogP contribution in [0.3, 0.4) is 0 Å². The molecule has 0 heterocycles. The highest BCUT2D eigenvalue weighted by molar-refractivity contribution is 5.82. The predicted octanol–water partition coefficient (Wildman–Crippen LogP) is 2.12. The highest BCUT2D eigenvalue weighted by atomic mass is 16.4. The Morgan fingerprint density at radius 2 is 1.74 bits per heavy atom. The smallest absolute Gasteiger partial charge is 0.326 e. The third kappa shape index (κ3) is 4.11. The number of nitrogens with one attached hydrogen (secondary N) is 2. The first-order valence-corrected chi connectivity index (χ1v) is 7.44. The van der Waals surface area contributed by atoms with Crippen LogP contribution in [0.25, 0.3) is 0 Å². The number of amides is 2. The molecular formula is C14H24N2O3. The van der Waals surface area contributed by atoms with Crippen molar-refractivity contribution in [3.63, 3.8) is 0 Å². The number of hydrogen-bond donors (Lipinski definition) is 3. The van der Waals surface area contributed by atoms with E-state index in [0.29, 0.717) is 12.5 Å². The molecule has 2 rings (SSSR count). The van der Waals surface area contributed by atoms with Gasteiger partial charge in [-0.2, -0.15) is 0 Å². The average Bonchev–Trinajstić information content (AvgIpc) is 2.35. The number of carboxylic acid groups (broad SMARTS) is 1. The van der Waals surface area contributed by atoms with Crippen LogP contribution in [0.5, 0.6) is 0 Å². The van der Waals surface area contributed by atoms with Gasteiger partial charge in [-0.25, -0.2) is 9.59 Å². The summed E-state index contributed by atoms with van der Waals surface area (Å²) in [6.07, 6.45) is 8.71. The molecule has 2 fully saturated rings. The van der Waals surface area contributed by atoms with Gasteiger partial charge in [0.2, 0.25) is 0 Å². The van der Waals surface area contributed by atoms with Gasteiger partial charge in [-0.05, 0) is 37.5 Å². The normalized spacial score (nSPS) is 22.3. The molecule has 0 aromatic rings. The van der Waals surface area contributed by atoms with Crippen LogP contribution >= 0.6 is 0 Å². The summed E-state index contributed by atoms with van der Waals surface area (Å²) in [4.78, 5) is 23.1. The van der Waals surface area contributed by atoms with Crippen LogP contribution in [0.4, 0.5) is 4.79 Å². The third-order valence-electron chi connectivity index (χ3n) is 4.45. The van der Waals surface area contributed by atoms with Gasteiger partial charge in [0.1, 0.15) is 6.04 Å². The van der Waals surface area contributed by atoms with Gasteiger partial charge in [-0.1, -0.05) is 25.7 Å². The second kappa shape index (κ2) is 6.78. The second-order valence-electron chi connectivity index (χ2n) is 5.87. The molecule has 1 unspecified atom stereocenters. The van der Waals surface area contributed by atoms with Gasteiger partial charge >= 0.3 is 12.0 Å². The van der Waals surface area contributed by atoms with Gasteiger partial charge in [0.15, 0.2) is 0 Å². The molecule has 0 aromatic carbocycles. The molecule has 0 aromatic heterocycles. The molecule has 2 aliphatic carbocycles. The maximum absolute atomic E-state index is 11.8. The van der Waals surface area contributed by atoms with Crippen molar-refractivity contribution in [1.82, 2.24) is 10.6 Å². The highest BCUT2D eigenvalue weighted by Gasteiger charge is 2.30. The zero-order chi connectivity index (χ0) is 13.7. The number of hydrogen-bond acceptors (Lipinski definition) is 2. The summed E-state index contributed by atoms with van der Waals surface area (Å²) in [5.74, 6) is -0.241. The van der Waals surface area contributed by atoms with Crippen molar-refractivity contribution in [1.29, 1.82) is 0 Å². The summed E-state index contributed by atoms with van der Waals surface area (Å²) in [7, 11) is 0. The van der Waals surface area contributed by atoms with E-state index in [9.17, 15) is 14.7 Å². The number of carbonyl (C=O) groups excluding carboxylic acids is 1. The highest BCUT2D eigenvalue weighted by Crippen LogP contribution is 2.27. The lowest BCUT2D eigenvalue weighted by Gasteiger charge is -2.29. The van der Waals surface area contributed by atoms with Gasteiger partial charge in [0, 0.05) is 6.54 Å². The van der Waals surface area contributed by atoms with Gasteiger partial charge in [-0.15, -0.1) is 0 Å². The SMILES string of the molecule is O=C(NCC1CCC1)NC(C(=O)O)C1CCCCC1. The molecule has 5 heteroatoms. The van der Waals surface area contributed by atoms with Crippen molar-refractivity contribution >= 4 is 12.0 Å². The maximum Gasteiger partial charge on any atom is 0.326 e. The molecule has 0 bridgehead atoms. The van der Waals surface area contributed by atoms with Crippen molar-refractivity contribution < 1.29 is 14.7 Å². The molecule has 0 radical (unpaired) electrons. The zero-order valence-corrected chi connectivity index (χ0v) is 11.4. The van der Waals surface area contributed by atoms with Crippen molar-refractivity contribution in [2.45, 2.75) is 57.4 Å². The first-order chi connectivity index (χ1) is 9.16. The van der Waals surface area contributed by atoms with Crippen LogP contribution in [0.15, 0.2) is 0 Å². The minimum Gasteiger partial charge on any atom is -0.480 e. The molecule has 2 aliphatic rings. The molecule has 0 saturated heterocycles. The Balaban J connectivity index is 1.77. The summed E-state index contributed by atoms with van der Waals surface area (Å²) in [6, 6.07) is -1.06. The Kier molecular flexibility index (Phi) is 5.05. The summed E-state index contributed by atoms with van der Waals surface area (Å²) in [6.45, 7) is 0.669. The van der Waals surface area contributed by atoms with Crippen LogP contribution in [-0.2, 0) is 4.79 Å². The van der Waals surface area contributed by atoms with Crippen molar-refractivity contribution in [3.8, 4) is 0 Å². The van der Waals surface area contributed by atoms with E-state index in [0.717, 1.165) is 25.7 Å². The lowest BCUT2D eigenvalue weighted by atomic mass is 9.84. The fourth-order valence-corrected chi connectivity index (χ4v) is 2.97. The fourth-order valence-electron chi connectivity index (χ4n) is 2.97. The number of carbonyl (C=O) groups is 2. The standard InChI is InChI=1S/C14H24N2O3/c17-13(18)12(11-7-2-1-3-8-11)16-14(19)15-9-10-5-4-6-10/h10-12H,1-9H2,(H,17,18)(H2,15,16,19). The Morgan fingerprint density at radius 3 is 2.26 bits per heavy atom. The number of rotatable bonds is 5. The molecule has 3 N–H and O–H groups in total. The van der Waals surface area contributed by atoms with E-state index in [1.54, 1.807) is 0 Å². The summed E-state index contributed by atoms with van der Waals surface area (Å²) < 4.78 is 0. The van der Waals surface area contributed by atoms with Crippen LogP contribution in [0.1, 0.15) is 51.4 Å². The Morgan fingerprint density at radius 1 is 1.05 bits per heavy atom. The molecule has 2 amide bonds. The van der Waals surface area contributed by atoms with Gasteiger partial charge < -0.3 is 15.7 Å². The average molecular weight is 268 g/mol. The largest absolute Gasteiger partial charge is 0.480 e. The van der Waals surface area contributed by atoms with Crippen LogP contribution in [0, 0.1) is 11.8 Å². The zero-order valence-electron chi connectivity index (χ0n) is 11.4. The topological polar surface area (TPSA) is 78.4 Å². The molecule has 0 spiro atoms. The van der Waals surface area contributed by atoms with E-state index in [1.807, 2.05) is 0 Å². The Bertz CT molecular complexity index is 323. The van der Waals surface area contributed by atoms with Crippen LogP contribution in [0.2, 0.25) is 0 Å². The van der Waals surface area contributed by atoms with E-state index >= 15 is 0 Å². The molecule has 1 atom stereocenters. The third-order valence-corrected chi connectivity index (χ3v) is 4.45. The Labute approximate surface area is 114 Å². The maximum atomic E-state index is 11.8. The molecule has 2 saturated carbocycles.